The second kappa shape index (κ2) is 3.19. The van der Waals surface area contributed by atoms with Crippen LogP contribution in [0.25, 0.3) is 0 Å². The minimum absolute atomic E-state index is 0.394. The molecule has 1 aliphatic rings. The minimum atomic E-state index is -1.37. The van der Waals surface area contributed by atoms with E-state index in [0.29, 0.717) is 4.24 Å². The van der Waals surface area contributed by atoms with Gasteiger partial charge in [-0.3, -0.25) is 0 Å². The van der Waals surface area contributed by atoms with Crippen LogP contribution >= 0.6 is 23.5 Å². The molecule has 0 aliphatic carbocycles. The Bertz CT molecular complexity index is 223. The molecule has 0 amide bonds. The maximum atomic E-state index is 10.3. The van der Waals surface area contributed by atoms with Crippen LogP contribution in [0.5, 0.6) is 0 Å². The topological polar surface area (TPSA) is 74.6 Å². The van der Waals surface area contributed by atoms with E-state index in [-0.39, 0.29) is 0 Å². The van der Waals surface area contributed by atoms with Crippen molar-refractivity contribution >= 4 is 35.5 Å². The summed E-state index contributed by atoms with van der Waals surface area (Å²) in [7, 11) is 0. The predicted molar refractivity (Wildman–Crippen MR) is 42.3 cm³/mol. The summed E-state index contributed by atoms with van der Waals surface area (Å²) in [6.45, 7) is 0. The molecule has 0 saturated carbocycles. The third-order valence-electron chi connectivity index (χ3n) is 1.01. The number of carboxylic acids is 2. The van der Waals surface area contributed by atoms with Crippen LogP contribution in [0.15, 0.2) is 9.81 Å². The average molecular weight is 192 g/mol. The zero-order chi connectivity index (χ0) is 8.43. The van der Waals surface area contributed by atoms with Gasteiger partial charge in [0.25, 0.3) is 0 Å². The van der Waals surface area contributed by atoms with E-state index < -0.39 is 17.5 Å². The molecule has 1 saturated heterocycles. The van der Waals surface area contributed by atoms with Gasteiger partial charge in [0.1, 0.15) is 0 Å². The lowest BCUT2D eigenvalue weighted by atomic mass is 10.3. The Morgan fingerprint density at radius 2 is 1.64 bits per heavy atom. The predicted octanol–water partition coefficient (Wildman–Crippen LogP) is 0.805. The summed E-state index contributed by atoms with van der Waals surface area (Å²) in [5, 5.41) is 17.6. The van der Waals surface area contributed by atoms with Gasteiger partial charge in [-0.15, -0.1) is 23.5 Å². The Hall–Kier alpha value is -0.620. The zero-order valence-corrected chi connectivity index (χ0v) is 6.87. The number of thioether (sulfide) groups is 2. The van der Waals surface area contributed by atoms with Crippen molar-refractivity contribution in [3.05, 3.63) is 9.81 Å². The Morgan fingerprint density at radius 3 is 1.73 bits per heavy atom. The molecule has 0 atom stereocenters. The van der Waals surface area contributed by atoms with Crippen molar-refractivity contribution in [1.29, 1.82) is 0 Å². The fourth-order valence-electron chi connectivity index (χ4n) is 0.528. The highest BCUT2D eigenvalue weighted by Gasteiger charge is 2.26. The van der Waals surface area contributed by atoms with Crippen molar-refractivity contribution in [2.24, 2.45) is 0 Å². The van der Waals surface area contributed by atoms with Gasteiger partial charge in [-0.2, -0.15) is 0 Å². The van der Waals surface area contributed by atoms with Gasteiger partial charge in [0.2, 0.25) is 0 Å². The molecule has 4 nitrogen and oxygen atoms in total. The van der Waals surface area contributed by atoms with Gasteiger partial charge in [0, 0.05) is 5.08 Å². The van der Waals surface area contributed by atoms with Crippen molar-refractivity contribution in [3.8, 4) is 0 Å². The SMILES string of the molecule is O=C(O)C(C(=O)O)=C1SCS1. The smallest absolute Gasteiger partial charge is 0.344 e. The lowest BCUT2D eigenvalue weighted by Gasteiger charge is -2.15. The zero-order valence-electron chi connectivity index (χ0n) is 5.23. The number of aliphatic carboxylic acids is 2. The first-order chi connectivity index (χ1) is 5.13. The van der Waals surface area contributed by atoms with Crippen LogP contribution in [-0.4, -0.2) is 27.2 Å². The van der Waals surface area contributed by atoms with Crippen molar-refractivity contribution in [2.75, 3.05) is 5.08 Å². The summed E-state index contributed by atoms with van der Waals surface area (Å²) < 4.78 is 0.394. The molecule has 0 bridgehead atoms. The average Bonchev–Trinajstić information content (AvgIpc) is 1.75. The standard InChI is InChI=1S/C5H4O4S2/c6-3(7)2(4(8)9)5-10-1-11-5/h1H2,(H,6,7)(H,8,9). The van der Waals surface area contributed by atoms with E-state index in [1.807, 2.05) is 0 Å². The van der Waals surface area contributed by atoms with Gasteiger partial charge in [-0.1, -0.05) is 0 Å². The highest BCUT2D eigenvalue weighted by Crippen LogP contribution is 2.45. The van der Waals surface area contributed by atoms with Gasteiger partial charge in [-0.05, 0) is 0 Å². The number of hydrogen-bond acceptors (Lipinski definition) is 4. The van der Waals surface area contributed by atoms with Crippen LogP contribution in [0.3, 0.4) is 0 Å². The molecule has 0 unspecified atom stereocenters. The molecule has 1 heterocycles. The van der Waals surface area contributed by atoms with E-state index in [4.69, 9.17) is 10.2 Å². The molecule has 1 aliphatic heterocycles. The Labute approximate surface area is 70.7 Å². The summed E-state index contributed by atoms with van der Waals surface area (Å²) in [6, 6.07) is 0. The fraction of sp³-hybridized carbons (Fsp3) is 0.200. The Balaban J connectivity index is 2.91. The molecule has 60 valence electrons. The highest BCUT2D eigenvalue weighted by atomic mass is 32.3. The number of carbonyl (C=O) groups is 2. The first-order valence-corrected chi connectivity index (χ1v) is 4.56. The van der Waals surface area contributed by atoms with Crippen molar-refractivity contribution < 1.29 is 19.8 Å². The van der Waals surface area contributed by atoms with E-state index in [2.05, 4.69) is 0 Å². The maximum absolute atomic E-state index is 10.3. The van der Waals surface area contributed by atoms with Crippen LogP contribution in [0.2, 0.25) is 0 Å². The normalized spacial score (nSPS) is 15.5. The third-order valence-corrected chi connectivity index (χ3v) is 3.59. The van der Waals surface area contributed by atoms with Crippen molar-refractivity contribution in [1.82, 2.24) is 0 Å². The van der Waals surface area contributed by atoms with Gasteiger partial charge in [-0.25, -0.2) is 9.59 Å². The lowest BCUT2D eigenvalue weighted by Crippen LogP contribution is -2.14. The molecule has 0 aromatic heterocycles. The summed E-state index contributed by atoms with van der Waals surface area (Å²) in [6.07, 6.45) is 0. The molecule has 11 heavy (non-hydrogen) atoms. The van der Waals surface area contributed by atoms with Gasteiger partial charge >= 0.3 is 11.9 Å². The molecule has 0 aromatic carbocycles. The van der Waals surface area contributed by atoms with Crippen LogP contribution < -0.4 is 0 Å². The van der Waals surface area contributed by atoms with E-state index in [9.17, 15) is 9.59 Å². The van der Waals surface area contributed by atoms with E-state index in [1.54, 1.807) is 0 Å². The van der Waals surface area contributed by atoms with Crippen LogP contribution in [0, 0.1) is 0 Å². The van der Waals surface area contributed by atoms with Crippen LogP contribution in [0.4, 0.5) is 0 Å². The number of hydrogen-bond donors (Lipinski definition) is 2. The largest absolute Gasteiger partial charge is 0.477 e. The third kappa shape index (κ3) is 1.69. The molecule has 1 rings (SSSR count). The quantitative estimate of drug-likeness (QED) is 0.383. The van der Waals surface area contributed by atoms with E-state index in [1.165, 1.54) is 23.5 Å². The molecule has 6 heteroatoms. The minimum Gasteiger partial charge on any atom is -0.477 e. The van der Waals surface area contributed by atoms with E-state index >= 15 is 0 Å². The van der Waals surface area contributed by atoms with Crippen molar-refractivity contribution in [2.45, 2.75) is 0 Å². The molecule has 0 radical (unpaired) electrons. The van der Waals surface area contributed by atoms with E-state index in [0.717, 1.165) is 5.08 Å². The fourth-order valence-corrected chi connectivity index (χ4v) is 2.11. The Morgan fingerprint density at radius 1 is 1.18 bits per heavy atom. The molecule has 0 aromatic rings. The monoisotopic (exact) mass is 192 g/mol. The molecule has 1 fully saturated rings. The van der Waals surface area contributed by atoms with Crippen LogP contribution in [0.1, 0.15) is 0 Å². The van der Waals surface area contributed by atoms with Gasteiger partial charge in [0.05, 0.1) is 4.24 Å². The summed E-state index contributed by atoms with van der Waals surface area (Å²) in [5.74, 6) is -2.74. The highest BCUT2D eigenvalue weighted by molar-refractivity contribution is 8.37. The van der Waals surface area contributed by atoms with Gasteiger partial charge in [0.15, 0.2) is 5.57 Å². The van der Waals surface area contributed by atoms with Crippen molar-refractivity contribution in [3.63, 3.8) is 0 Å². The molecular weight excluding hydrogens is 188 g/mol. The first kappa shape index (κ1) is 8.48. The summed E-state index contributed by atoms with van der Waals surface area (Å²) in [4.78, 5) is 20.6. The summed E-state index contributed by atoms with van der Waals surface area (Å²) in [5.41, 5.74) is -0.508. The van der Waals surface area contributed by atoms with Crippen LogP contribution in [-0.2, 0) is 9.59 Å². The summed E-state index contributed by atoms with van der Waals surface area (Å²) >= 11 is 2.50. The maximum Gasteiger partial charge on any atom is 0.344 e. The molecular formula is C5H4O4S2. The number of rotatable bonds is 2. The number of carboxylic acid groups (broad SMARTS) is 2. The lowest BCUT2D eigenvalue weighted by molar-refractivity contribution is -0.140. The molecule has 2 N–H and O–H groups in total. The first-order valence-electron chi connectivity index (χ1n) is 2.59. The Kier molecular flexibility index (Phi) is 2.45. The van der Waals surface area contributed by atoms with Gasteiger partial charge < -0.3 is 10.2 Å². The second-order valence-corrected chi connectivity index (χ2v) is 4.27. The molecule has 0 spiro atoms. The second-order valence-electron chi connectivity index (χ2n) is 1.68.